The van der Waals surface area contributed by atoms with Gasteiger partial charge in [0.2, 0.25) is 0 Å². The molecule has 0 aliphatic heterocycles. The Bertz CT molecular complexity index is 738. The number of H-pyrrole nitrogens is 1. The number of halogens is 1. The van der Waals surface area contributed by atoms with Gasteiger partial charge >= 0.3 is 0 Å². The topological polar surface area (TPSA) is 48.9 Å². The van der Waals surface area contributed by atoms with Crippen LogP contribution in [0.15, 0.2) is 30.3 Å². The molecule has 2 aromatic carbocycles. The Morgan fingerprint density at radius 3 is 2.58 bits per heavy atom. The largest absolute Gasteiger partial charge is 0.507 e. The summed E-state index contributed by atoms with van der Waals surface area (Å²) in [5, 5.41) is 9.78. The molecule has 2 N–H and O–H groups in total. The van der Waals surface area contributed by atoms with Crippen molar-refractivity contribution in [2.75, 3.05) is 0 Å². The molecule has 3 aromatic rings. The minimum absolute atomic E-state index is 0.118. The summed E-state index contributed by atoms with van der Waals surface area (Å²) in [6, 6.07) is 7.91. The molecule has 0 spiro atoms. The van der Waals surface area contributed by atoms with Gasteiger partial charge in [-0.1, -0.05) is 0 Å². The smallest absolute Gasteiger partial charge is 0.142 e. The van der Waals surface area contributed by atoms with E-state index in [0.29, 0.717) is 11.4 Å². The van der Waals surface area contributed by atoms with Crippen LogP contribution in [0, 0.1) is 19.7 Å². The quantitative estimate of drug-likeness (QED) is 0.697. The lowest BCUT2D eigenvalue weighted by atomic mass is 10.1. The maximum atomic E-state index is 13.0. The number of phenols is 1. The van der Waals surface area contributed by atoms with Crippen LogP contribution in [0.4, 0.5) is 4.39 Å². The van der Waals surface area contributed by atoms with E-state index in [1.807, 2.05) is 26.0 Å². The fraction of sp³-hybridized carbons (Fsp3) is 0.133. The second-order valence-corrected chi connectivity index (χ2v) is 4.70. The highest BCUT2D eigenvalue weighted by Gasteiger charge is 2.11. The van der Waals surface area contributed by atoms with Crippen LogP contribution in [0.2, 0.25) is 0 Å². The van der Waals surface area contributed by atoms with Crippen molar-refractivity contribution >= 4 is 11.0 Å². The van der Waals surface area contributed by atoms with Crippen LogP contribution in [0.5, 0.6) is 5.75 Å². The number of imidazole rings is 1. The SMILES string of the molecule is Cc1cc2nc(-c3ccc(F)cc3O)[nH]c2cc1C. The van der Waals surface area contributed by atoms with Crippen molar-refractivity contribution in [3.8, 4) is 17.1 Å². The van der Waals surface area contributed by atoms with Crippen molar-refractivity contribution in [3.05, 3.63) is 47.3 Å². The van der Waals surface area contributed by atoms with Crippen molar-refractivity contribution < 1.29 is 9.50 Å². The summed E-state index contributed by atoms with van der Waals surface area (Å²) in [5.41, 5.74) is 4.57. The number of phenolic OH excluding ortho intramolecular Hbond substituents is 1. The van der Waals surface area contributed by atoms with E-state index < -0.39 is 5.82 Å². The van der Waals surface area contributed by atoms with Crippen LogP contribution in [0.3, 0.4) is 0 Å². The van der Waals surface area contributed by atoms with Crippen LogP contribution >= 0.6 is 0 Å². The molecule has 4 heteroatoms. The molecular weight excluding hydrogens is 243 g/mol. The van der Waals surface area contributed by atoms with Gasteiger partial charge in [0.05, 0.1) is 16.6 Å². The third-order valence-corrected chi connectivity index (χ3v) is 3.31. The first-order valence-electron chi connectivity index (χ1n) is 6.00. The van der Waals surface area contributed by atoms with Gasteiger partial charge in [0.1, 0.15) is 17.4 Å². The zero-order valence-electron chi connectivity index (χ0n) is 10.7. The molecule has 1 heterocycles. The van der Waals surface area contributed by atoms with Gasteiger partial charge in [0.25, 0.3) is 0 Å². The Morgan fingerprint density at radius 2 is 1.84 bits per heavy atom. The molecule has 0 aliphatic carbocycles. The van der Waals surface area contributed by atoms with Gasteiger partial charge in [-0.15, -0.1) is 0 Å². The maximum Gasteiger partial charge on any atom is 0.142 e. The number of rotatable bonds is 1. The number of hydrogen-bond donors (Lipinski definition) is 2. The Morgan fingerprint density at radius 1 is 1.11 bits per heavy atom. The molecule has 3 rings (SSSR count). The summed E-state index contributed by atoms with van der Waals surface area (Å²) < 4.78 is 13.0. The highest BCUT2D eigenvalue weighted by molar-refractivity contribution is 5.82. The lowest BCUT2D eigenvalue weighted by Gasteiger charge is -2.00. The van der Waals surface area contributed by atoms with E-state index in [4.69, 9.17) is 0 Å². The standard InChI is InChI=1S/C15H13FN2O/c1-8-5-12-13(6-9(8)2)18-15(17-12)11-4-3-10(16)7-14(11)19/h3-7,19H,1-2H3,(H,17,18). The number of nitrogens with zero attached hydrogens (tertiary/aromatic N) is 1. The van der Waals surface area contributed by atoms with E-state index >= 15 is 0 Å². The van der Waals surface area contributed by atoms with E-state index in [-0.39, 0.29) is 5.75 Å². The maximum absolute atomic E-state index is 13.0. The number of nitrogens with one attached hydrogen (secondary N) is 1. The number of aromatic hydroxyl groups is 1. The van der Waals surface area contributed by atoms with Gasteiger partial charge in [-0.2, -0.15) is 0 Å². The average molecular weight is 256 g/mol. The van der Waals surface area contributed by atoms with Crippen LogP contribution in [0.25, 0.3) is 22.4 Å². The van der Waals surface area contributed by atoms with Crippen molar-refractivity contribution in [1.29, 1.82) is 0 Å². The van der Waals surface area contributed by atoms with Crippen LogP contribution in [-0.4, -0.2) is 15.1 Å². The van der Waals surface area contributed by atoms with E-state index in [1.165, 1.54) is 17.7 Å². The number of fused-ring (bicyclic) bond motifs is 1. The Kier molecular flexibility index (Phi) is 2.52. The number of benzene rings is 2. The van der Waals surface area contributed by atoms with E-state index in [9.17, 15) is 9.50 Å². The van der Waals surface area contributed by atoms with Crippen LogP contribution < -0.4 is 0 Å². The zero-order chi connectivity index (χ0) is 13.6. The molecule has 0 amide bonds. The van der Waals surface area contributed by atoms with Crippen molar-refractivity contribution in [2.24, 2.45) is 0 Å². The molecule has 3 nitrogen and oxygen atoms in total. The molecule has 19 heavy (non-hydrogen) atoms. The monoisotopic (exact) mass is 256 g/mol. The van der Waals surface area contributed by atoms with Crippen LogP contribution in [0.1, 0.15) is 11.1 Å². The first kappa shape index (κ1) is 11.7. The summed E-state index contributed by atoms with van der Waals surface area (Å²) in [5.74, 6) is -0.0472. The van der Waals surface area contributed by atoms with Gasteiger partial charge in [-0.3, -0.25) is 0 Å². The third kappa shape index (κ3) is 1.95. The molecule has 0 fully saturated rings. The summed E-state index contributed by atoms with van der Waals surface area (Å²) in [6.07, 6.45) is 0. The zero-order valence-corrected chi connectivity index (χ0v) is 10.7. The molecule has 0 radical (unpaired) electrons. The summed E-state index contributed by atoms with van der Waals surface area (Å²) in [6.45, 7) is 4.06. The molecule has 0 aliphatic rings. The first-order valence-corrected chi connectivity index (χ1v) is 6.00. The van der Waals surface area contributed by atoms with Gasteiger partial charge in [0, 0.05) is 6.07 Å². The normalized spacial score (nSPS) is 11.1. The van der Waals surface area contributed by atoms with Crippen molar-refractivity contribution in [2.45, 2.75) is 13.8 Å². The molecular formula is C15H13FN2O. The van der Waals surface area contributed by atoms with E-state index in [1.54, 1.807) is 0 Å². The predicted molar refractivity (Wildman–Crippen MR) is 72.6 cm³/mol. The highest BCUT2D eigenvalue weighted by Crippen LogP contribution is 2.29. The fourth-order valence-electron chi connectivity index (χ4n) is 2.10. The second kappa shape index (κ2) is 4.09. The lowest BCUT2D eigenvalue weighted by molar-refractivity contribution is 0.471. The molecule has 0 saturated carbocycles. The van der Waals surface area contributed by atoms with Gasteiger partial charge in [0.15, 0.2) is 0 Å². The molecule has 0 bridgehead atoms. The molecule has 0 atom stereocenters. The second-order valence-electron chi connectivity index (χ2n) is 4.70. The Labute approximate surface area is 109 Å². The summed E-state index contributed by atoms with van der Waals surface area (Å²) in [7, 11) is 0. The first-order chi connectivity index (χ1) is 9.04. The Balaban J connectivity index is 2.20. The molecule has 0 saturated heterocycles. The summed E-state index contributed by atoms with van der Waals surface area (Å²) in [4.78, 5) is 7.58. The lowest BCUT2D eigenvalue weighted by Crippen LogP contribution is -1.83. The van der Waals surface area contributed by atoms with Gasteiger partial charge < -0.3 is 10.1 Å². The number of aromatic nitrogens is 2. The van der Waals surface area contributed by atoms with E-state index in [2.05, 4.69) is 9.97 Å². The Hall–Kier alpha value is -2.36. The summed E-state index contributed by atoms with van der Waals surface area (Å²) >= 11 is 0. The predicted octanol–water partition coefficient (Wildman–Crippen LogP) is 3.69. The minimum Gasteiger partial charge on any atom is -0.507 e. The van der Waals surface area contributed by atoms with Gasteiger partial charge in [-0.25, -0.2) is 9.37 Å². The molecule has 1 aromatic heterocycles. The van der Waals surface area contributed by atoms with Crippen molar-refractivity contribution in [3.63, 3.8) is 0 Å². The average Bonchev–Trinajstić information content (AvgIpc) is 2.72. The number of aryl methyl sites for hydroxylation is 2. The molecule has 0 unspecified atom stereocenters. The fourth-order valence-corrected chi connectivity index (χ4v) is 2.10. The number of hydrogen-bond acceptors (Lipinski definition) is 2. The molecule has 96 valence electrons. The number of aromatic amines is 1. The van der Waals surface area contributed by atoms with Crippen molar-refractivity contribution in [1.82, 2.24) is 9.97 Å². The van der Waals surface area contributed by atoms with E-state index in [0.717, 1.165) is 22.7 Å². The highest BCUT2D eigenvalue weighted by atomic mass is 19.1. The van der Waals surface area contributed by atoms with Crippen LogP contribution in [-0.2, 0) is 0 Å². The minimum atomic E-state index is -0.468. The van der Waals surface area contributed by atoms with Gasteiger partial charge in [-0.05, 0) is 49.2 Å². The third-order valence-electron chi connectivity index (χ3n) is 3.31.